The Bertz CT molecular complexity index is 410. The SMILES string of the molecule is CC(N)CSc1ccc(S(C)(=O)=O)cc1. The van der Waals surface area contributed by atoms with Gasteiger partial charge in [-0.3, -0.25) is 0 Å². The molecule has 0 aliphatic carbocycles. The van der Waals surface area contributed by atoms with E-state index in [0.717, 1.165) is 10.6 Å². The van der Waals surface area contributed by atoms with E-state index in [-0.39, 0.29) is 6.04 Å². The van der Waals surface area contributed by atoms with E-state index in [1.165, 1.54) is 6.26 Å². The molecule has 0 aliphatic rings. The Morgan fingerprint density at radius 3 is 2.27 bits per heavy atom. The maximum absolute atomic E-state index is 11.2. The zero-order valence-electron chi connectivity index (χ0n) is 8.80. The van der Waals surface area contributed by atoms with Gasteiger partial charge in [-0.1, -0.05) is 0 Å². The average Bonchev–Trinajstić information content (AvgIpc) is 2.14. The van der Waals surface area contributed by atoms with Crippen LogP contribution in [0, 0.1) is 0 Å². The standard InChI is InChI=1S/C10H15NO2S2/c1-8(11)7-14-9-3-5-10(6-4-9)15(2,12)13/h3-6,8H,7,11H2,1-2H3. The molecule has 0 aliphatic heterocycles. The van der Waals surface area contributed by atoms with E-state index in [1.54, 1.807) is 23.9 Å². The second-order valence-corrected chi connectivity index (χ2v) is 6.64. The summed E-state index contributed by atoms with van der Waals surface area (Å²) in [5, 5.41) is 0. The topological polar surface area (TPSA) is 60.2 Å². The molecular weight excluding hydrogens is 230 g/mol. The van der Waals surface area contributed by atoms with Gasteiger partial charge in [0.2, 0.25) is 0 Å². The fraction of sp³-hybridized carbons (Fsp3) is 0.400. The summed E-state index contributed by atoms with van der Waals surface area (Å²) in [4.78, 5) is 1.40. The summed E-state index contributed by atoms with van der Waals surface area (Å²) in [5.74, 6) is 0.832. The van der Waals surface area contributed by atoms with Crippen molar-refractivity contribution in [2.75, 3.05) is 12.0 Å². The van der Waals surface area contributed by atoms with Crippen LogP contribution in [-0.4, -0.2) is 26.5 Å². The first kappa shape index (κ1) is 12.5. The minimum Gasteiger partial charge on any atom is -0.327 e. The number of benzene rings is 1. The summed E-state index contributed by atoms with van der Waals surface area (Å²) >= 11 is 1.63. The molecule has 0 heterocycles. The van der Waals surface area contributed by atoms with Crippen molar-refractivity contribution in [3.05, 3.63) is 24.3 Å². The van der Waals surface area contributed by atoms with Crippen LogP contribution in [-0.2, 0) is 9.84 Å². The summed E-state index contributed by atoms with van der Waals surface area (Å²) in [6.07, 6.45) is 1.21. The Morgan fingerprint density at radius 2 is 1.87 bits per heavy atom. The predicted octanol–water partition coefficient (Wildman–Crippen LogP) is 1.53. The Kier molecular flexibility index (Phi) is 4.19. The molecular formula is C10H15NO2S2. The van der Waals surface area contributed by atoms with Gasteiger partial charge in [0.25, 0.3) is 0 Å². The van der Waals surface area contributed by atoms with E-state index in [9.17, 15) is 8.42 Å². The molecule has 1 aromatic rings. The highest BCUT2D eigenvalue weighted by atomic mass is 32.2. The summed E-state index contributed by atoms with van der Waals surface area (Å²) in [6.45, 7) is 1.94. The van der Waals surface area contributed by atoms with Crippen molar-refractivity contribution in [3.63, 3.8) is 0 Å². The highest BCUT2D eigenvalue weighted by Crippen LogP contribution is 2.20. The van der Waals surface area contributed by atoms with Gasteiger partial charge >= 0.3 is 0 Å². The van der Waals surface area contributed by atoms with Crippen molar-refractivity contribution in [2.45, 2.75) is 22.8 Å². The highest BCUT2D eigenvalue weighted by Gasteiger charge is 2.06. The Hall–Kier alpha value is -0.520. The molecule has 5 heteroatoms. The summed E-state index contributed by atoms with van der Waals surface area (Å²) < 4.78 is 22.4. The first-order valence-corrected chi connectivity index (χ1v) is 7.46. The van der Waals surface area contributed by atoms with Gasteiger partial charge in [-0.15, -0.1) is 11.8 Å². The van der Waals surface area contributed by atoms with Crippen LogP contribution in [0.15, 0.2) is 34.1 Å². The van der Waals surface area contributed by atoms with E-state index in [0.29, 0.717) is 4.90 Å². The lowest BCUT2D eigenvalue weighted by molar-refractivity contribution is 0.602. The van der Waals surface area contributed by atoms with Gasteiger partial charge < -0.3 is 5.73 Å². The molecule has 1 rings (SSSR count). The number of sulfone groups is 1. The van der Waals surface area contributed by atoms with Gasteiger partial charge in [-0.05, 0) is 31.2 Å². The first-order chi connectivity index (χ1) is 6.89. The van der Waals surface area contributed by atoms with Gasteiger partial charge in [0, 0.05) is 22.9 Å². The van der Waals surface area contributed by atoms with Crippen LogP contribution >= 0.6 is 11.8 Å². The van der Waals surface area contributed by atoms with Gasteiger partial charge in [0.15, 0.2) is 9.84 Å². The zero-order valence-corrected chi connectivity index (χ0v) is 10.4. The number of nitrogens with two attached hydrogens (primary N) is 1. The van der Waals surface area contributed by atoms with E-state index >= 15 is 0 Å². The van der Waals surface area contributed by atoms with E-state index in [4.69, 9.17) is 5.73 Å². The van der Waals surface area contributed by atoms with Crippen molar-refractivity contribution < 1.29 is 8.42 Å². The fourth-order valence-corrected chi connectivity index (χ4v) is 2.43. The average molecular weight is 245 g/mol. The first-order valence-electron chi connectivity index (χ1n) is 4.58. The molecule has 3 nitrogen and oxygen atoms in total. The number of rotatable bonds is 4. The van der Waals surface area contributed by atoms with Gasteiger partial charge in [0.05, 0.1) is 4.90 Å². The zero-order chi connectivity index (χ0) is 11.5. The van der Waals surface area contributed by atoms with Crippen LogP contribution in [0.4, 0.5) is 0 Å². The van der Waals surface area contributed by atoms with Crippen LogP contribution in [0.25, 0.3) is 0 Å². The molecule has 0 radical (unpaired) electrons. The molecule has 1 aromatic carbocycles. The minimum absolute atomic E-state index is 0.143. The lowest BCUT2D eigenvalue weighted by atomic mass is 10.4. The lowest BCUT2D eigenvalue weighted by Gasteiger charge is -2.05. The largest absolute Gasteiger partial charge is 0.327 e. The molecule has 15 heavy (non-hydrogen) atoms. The summed E-state index contributed by atoms with van der Waals surface area (Å²) in [6, 6.07) is 7.01. The van der Waals surface area contributed by atoms with Gasteiger partial charge in [0.1, 0.15) is 0 Å². The van der Waals surface area contributed by atoms with Crippen molar-refractivity contribution in [2.24, 2.45) is 5.73 Å². The van der Waals surface area contributed by atoms with Gasteiger partial charge in [-0.25, -0.2) is 8.42 Å². The highest BCUT2D eigenvalue weighted by molar-refractivity contribution is 7.99. The predicted molar refractivity (Wildman–Crippen MR) is 63.9 cm³/mol. The molecule has 0 spiro atoms. The smallest absolute Gasteiger partial charge is 0.175 e. The molecule has 0 saturated carbocycles. The molecule has 0 amide bonds. The van der Waals surface area contributed by atoms with Crippen molar-refractivity contribution in [1.29, 1.82) is 0 Å². The lowest BCUT2D eigenvalue weighted by Crippen LogP contribution is -2.17. The number of thioether (sulfide) groups is 1. The quantitative estimate of drug-likeness (QED) is 0.817. The molecule has 84 valence electrons. The number of hydrogen-bond acceptors (Lipinski definition) is 4. The number of hydrogen-bond donors (Lipinski definition) is 1. The second kappa shape index (κ2) is 5.01. The molecule has 0 aromatic heterocycles. The monoisotopic (exact) mass is 245 g/mol. The third kappa shape index (κ3) is 4.24. The third-order valence-corrected chi connectivity index (χ3v) is 4.19. The molecule has 0 saturated heterocycles. The van der Waals surface area contributed by atoms with Crippen LogP contribution in [0.5, 0.6) is 0 Å². The van der Waals surface area contributed by atoms with Crippen LogP contribution in [0.1, 0.15) is 6.92 Å². The van der Waals surface area contributed by atoms with E-state index in [2.05, 4.69) is 0 Å². The van der Waals surface area contributed by atoms with Crippen LogP contribution in [0.3, 0.4) is 0 Å². The Balaban J connectivity index is 2.73. The minimum atomic E-state index is -3.08. The Morgan fingerprint density at radius 1 is 1.33 bits per heavy atom. The van der Waals surface area contributed by atoms with Crippen molar-refractivity contribution in [3.8, 4) is 0 Å². The second-order valence-electron chi connectivity index (χ2n) is 3.53. The van der Waals surface area contributed by atoms with Gasteiger partial charge in [-0.2, -0.15) is 0 Å². The maximum atomic E-state index is 11.2. The molecule has 2 N–H and O–H groups in total. The van der Waals surface area contributed by atoms with Crippen molar-refractivity contribution in [1.82, 2.24) is 0 Å². The maximum Gasteiger partial charge on any atom is 0.175 e. The third-order valence-electron chi connectivity index (χ3n) is 1.76. The molecule has 1 unspecified atom stereocenters. The normalized spacial score (nSPS) is 13.8. The molecule has 1 atom stereocenters. The van der Waals surface area contributed by atoms with E-state index < -0.39 is 9.84 Å². The summed E-state index contributed by atoms with van der Waals surface area (Å²) in [5.41, 5.74) is 5.62. The van der Waals surface area contributed by atoms with E-state index in [1.807, 2.05) is 19.1 Å². The molecule has 0 bridgehead atoms. The van der Waals surface area contributed by atoms with Crippen LogP contribution < -0.4 is 5.73 Å². The van der Waals surface area contributed by atoms with Crippen molar-refractivity contribution >= 4 is 21.6 Å². The Labute approximate surface area is 95.0 Å². The summed E-state index contributed by atoms with van der Waals surface area (Å²) in [7, 11) is -3.08. The van der Waals surface area contributed by atoms with Crippen LogP contribution in [0.2, 0.25) is 0 Å². The molecule has 0 fully saturated rings. The fourth-order valence-electron chi connectivity index (χ4n) is 1.01.